The van der Waals surface area contributed by atoms with Gasteiger partial charge in [-0.1, -0.05) is 29.8 Å². The molecule has 5 N–H and O–H groups in total. The lowest BCUT2D eigenvalue weighted by Crippen LogP contribution is -2.28. The summed E-state index contributed by atoms with van der Waals surface area (Å²) in [4.78, 5) is 4.26. The zero-order valence-electron chi connectivity index (χ0n) is 14.9. The van der Waals surface area contributed by atoms with Gasteiger partial charge in [-0.15, -0.1) is 0 Å². The van der Waals surface area contributed by atoms with Crippen molar-refractivity contribution in [3.8, 4) is 0 Å². The molecule has 3 aromatic rings. The van der Waals surface area contributed by atoms with Gasteiger partial charge in [-0.3, -0.25) is 5.32 Å². The molecule has 6 nitrogen and oxygen atoms in total. The number of hydrogen-bond acceptors (Lipinski definition) is 6. The standard InChI is InChI=1S/C20H21ClFN3O3/c21-16-4-3-12(8-17(16)22)18(11-27)25-20(28)13-1-2-14-10-24-19(23-5-6-26)9-15(14)7-13/h1-4,7-10,18,20,25-28H,5-6,11H2,(H,23,24). The lowest BCUT2D eigenvalue weighted by Gasteiger charge is -2.22. The van der Waals surface area contributed by atoms with E-state index in [-0.39, 0.29) is 18.2 Å². The van der Waals surface area contributed by atoms with Gasteiger partial charge in [-0.05, 0) is 40.8 Å². The van der Waals surface area contributed by atoms with Crippen molar-refractivity contribution in [3.05, 3.63) is 70.6 Å². The molecule has 0 spiro atoms. The van der Waals surface area contributed by atoms with Gasteiger partial charge >= 0.3 is 0 Å². The van der Waals surface area contributed by atoms with Crippen molar-refractivity contribution in [2.75, 3.05) is 25.1 Å². The monoisotopic (exact) mass is 405 g/mol. The number of fused-ring (bicyclic) bond motifs is 1. The van der Waals surface area contributed by atoms with Crippen LogP contribution in [0.15, 0.2) is 48.7 Å². The molecular formula is C20H21ClFN3O3. The number of pyridine rings is 1. The van der Waals surface area contributed by atoms with Gasteiger partial charge in [0.2, 0.25) is 0 Å². The highest BCUT2D eigenvalue weighted by molar-refractivity contribution is 6.30. The highest BCUT2D eigenvalue weighted by atomic mass is 35.5. The van der Waals surface area contributed by atoms with Gasteiger partial charge in [-0.2, -0.15) is 0 Å². The Labute approximate surface area is 166 Å². The van der Waals surface area contributed by atoms with Crippen molar-refractivity contribution in [1.82, 2.24) is 10.3 Å². The van der Waals surface area contributed by atoms with Crippen LogP contribution >= 0.6 is 11.6 Å². The molecule has 0 amide bonds. The average Bonchev–Trinajstić information content (AvgIpc) is 2.71. The summed E-state index contributed by atoms with van der Waals surface area (Å²) in [6.45, 7) is 0.0549. The molecule has 8 heteroatoms. The molecule has 2 unspecified atom stereocenters. The van der Waals surface area contributed by atoms with Gasteiger partial charge in [0.15, 0.2) is 0 Å². The summed E-state index contributed by atoms with van der Waals surface area (Å²) in [6.07, 6.45) is 0.619. The minimum Gasteiger partial charge on any atom is -0.395 e. The molecule has 1 heterocycles. The molecule has 2 atom stereocenters. The van der Waals surface area contributed by atoms with Crippen LogP contribution in [0.4, 0.5) is 10.2 Å². The van der Waals surface area contributed by atoms with E-state index in [0.29, 0.717) is 23.5 Å². The maximum Gasteiger partial charge on any atom is 0.142 e. The van der Waals surface area contributed by atoms with E-state index in [4.69, 9.17) is 16.7 Å². The summed E-state index contributed by atoms with van der Waals surface area (Å²) >= 11 is 5.70. The lowest BCUT2D eigenvalue weighted by atomic mass is 10.0. The molecule has 0 fully saturated rings. The molecule has 0 aliphatic rings. The van der Waals surface area contributed by atoms with Crippen LogP contribution in [0.1, 0.15) is 23.4 Å². The summed E-state index contributed by atoms with van der Waals surface area (Å²) in [5.41, 5.74) is 1.06. The van der Waals surface area contributed by atoms with Crippen LogP contribution in [0.25, 0.3) is 10.8 Å². The van der Waals surface area contributed by atoms with Crippen LogP contribution in [0.3, 0.4) is 0 Å². The van der Waals surface area contributed by atoms with Gasteiger partial charge < -0.3 is 20.6 Å². The van der Waals surface area contributed by atoms with Crippen molar-refractivity contribution in [3.63, 3.8) is 0 Å². The Morgan fingerprint density at radius 3 is 2.54 bits per heavy atom. The van der Waals surface area contributed by atoms with Crippen molar-refractivity contribution in [2.24, 2.45) is 0 Å². The molecule has 2 aromatic carbocycles. The zero-order valence-corrected chi connectivity index (χ0v) is 15.7. The van der Waals surface area contributed by atoms with E-state index in [1.54, 1.807) is 24.4 Å². The summed E-state index contributed by atoms with van der Waals surface area (Å²) in [6, 6.07) is 10.8. The Morgan fingerprint density at radius 2 is 1.82 bits per heavy atom. The number of aliphatic hydroxyl groups excluding tert-OH is 3. The molecule has 28 heavy (non-hydrogen) atoms. The van der Waals surface area contributed by atoms with Crippen LogP contribution in [0.2, 0.25) is 5.02 Å². The van der Waals surface area contributed by atoms with E-state index < -0.39 is 18.1 Å². The maximum absolute atomic E-state index is 13.7. The van der Waals surface area contributed by atoms with Crippen molar-refractivity contribution in [1.29, 1.82) is 0 Å². The highest BCUT2D eigenvalue weighted by Crippen LogP contribution is 2.25. The first kappa shape index (κ1) is 20.4. The molecule has 0 saturated carbocycles. The third kappa shape index (κ3) is 4.76. The van der Waals surface area contributed by atoms with Crippen LogP contribution < -0.4 is 10.6 Å². The number of halogens is 2. The van der Waals surface area contributed by atoms with Crippen LogP contribution in [-0.4, -0.2) is 40.1 Å². The topological polar surface area (TPSA) is 97.6 Å². The van der Waals surface area contributed by atoms with E-state index in [1.165, 1.54) is 12.1 Å². The number of benzene rings is 2. The highest BCUT2D eigenvalue weighted by Gasteiger charge is 2.17. The molecule has 0 bridgehead atoms. The Kier molecular flexibility index (Phi) is 6.77. The van der Waals surface area contributed by atoms with E-state index in [2.05, 4.69) is 15.6 Å². The maximum atomic E-state index is 13.7. The normalized spacial score (nSPS) is 13.5. The van der Waals surface area contributed by atoms with Gasteiger partial charge in [0, 0.05) is 18.1 Å². The molecule has 0 aliphatic carbocycles. The molecule has 0 radical (unpaired) electrons. The van der Waals surface area contributed by atoms with E-state index in [1.807, 2.05) is 12.1 Å². The Bertz CT molecular complexity index is 957. The Balaban J connectivity index is 1.80. The van der Waals surface area contributed by atoms with Gasteiger partial charge in [0.05, 0.1) is 24.3 Å². The number of nitrogens with zero attached hydrogens (tertiary/aromatic N) is 1. The number of anilines is 1. The Morgan fingerprint density at radius 1 is 1.04 bits per heavy atom. The van der Waals surface area contributed by atoms with Crippen molar-refractivity contribution < 1.29 is 19.7 Å². The lowest BCUT2D eigenvalue weighted by molar-refractivity contribution is 0.104. The van der Waals surface area contributed by atoms with Crippen LogP contribution in [0, 0.1) is 5.82 Å². The number of nitrogens with one attached hydrogen (secondary N) is 2. The molecule has 0 saturated heterocycles. The average molecular weight is 406 g/mol. The largest absolute Gasteiger partial charge is 0.395 e. The fourth-order valence-electron chi connectivity index (χ4n) is 2.88. The van der Waals surface area contributed by atoms with Crippen LogP contribution in [0.5, 0.6) is 0 Å². The molecule has 0 aliphatic heterocycles. The number of hydrogen-bond donors (Lipinski definition) is 5. The summed E-state index contributed by atoms with van der Waals surface area (Å²) in [7, 11) is 0. The molecule has 1 aromatic heterocycles. The molecule has 148 valence electrons. The van der Waals surface area contributed by atoms with Gasteiger partial charge in [0.25, 0.3) is 0 Å². The predicted octanol–water partition coefficient (Wildman–Crippen LogP) is 2.75. The van der Waals surface area contributed by atoms with E-state index >= 15 is 0 Å². The minimum atomic E-state index is -1.08. The van der Waals surface area contributed by atoms with Crippen molar-refractivity contribution in [2.45, 2.75) is 12.3 Å². The minimum absolute atomic E-state index is 0.00374. The number of aromatic nitrogens is 1. The van der Waals surface area contributed by atoms with E-state index in [9.17, 15) is 14.6 Å². The summed E-state index contributed by atoms with van der Waals surface area (Å²) < 4.78 is 13.7. The Hall–Kier alpha value is -2.29. The van der Waals surface area contributed by atoms with Crippen LogP contribution in [-0.2, 0) is 0 Å². The second-order valence-electron chi connectivity index (χ2n) is 6.30. The SMILES string of the molecule is OCCNc1cc2cc(C(O)NC(CO)c3ccc(Cl)c(F)c3)ccc2cn1. The molecular weight excluding hydrogens is 385 g/mol. The number of rotatable bonds is 8. The summed E-state index contributed by atoms with van der Waals surface area (Å²) in [5, 5.41) is 36.8. The molecule has 3 rings (SSSR count). The van der Waals surface area contributed by atoms with E-state index in [0.717, 1.165) is 10.8 Å². The first-order chi connectivity index (χ1) is 13.5. The fourth-order valence-corrected chi connectivity index (χ4v) is 3.00. The fraction of sp³-hybridized carbons (Fsp3) is 0.250. The second kappa shape index (κ2) is 9.27. The quantitative estimate of drug-likeness (QED) is 0.370. The number of aliphatic hydroxyl groups is 3. The third-order valence-electron chi connectivity index (χ3n) is 4.37. The zero-order chi connectivity index (χ0) is 20.1. The summed E-state index contributed by atoms with van der Waals surface area (Å²) in [5.74, 6) is 0.0287. The predicted molar refractivity (Wildman–Crippen MR) is 107 cm³/mol. The first-order valence-corrected chi connectivity index (χ1v) is 9.14. The smallest absolute Gasteiger partial charge is 0.142 e. The first-order valence-electron chi connectivity index (χ1n) is 8.76. The van der Waals surface area contributed by atoms with Gasteiger partial charge in [-0.25, -0.2) is 9.37 Å². The second-order valence-corrected chi connectivity index (χ2v) is 6.71. The third-order valence-corrected chi connectivity index (χ3v) is 4.67. The van der Waals surface area contributed by atoms with Gasteiger partial charge in [0.1, 0.15) is 17.9 Å². The van der Waals surface area contributed by atoms with Crippen molar-refractivity contribution >= 4 is 28.2 Å².